The summed E-state index contributed by atoms with van der Waals surface area (Å²) in [6.07, 6.45) is 9.90. The summed E-state index contributed by atoms with van der Waals surface area (Å²) in [6.45, 7) is 1.94. The number of nitrogens with zero attached hydrogens (tertiary/aromatic N) is 1. The first-order valence-corrected chi connectivity index (χ1v) is 10.5. The van der Waals surface area contributed by atoms with Crippen LogP contribution in [0.2, 0.25) is 0 Å². The number of thioether (sulfide) groups is 2. The number of aromatic nitrogens is 1. The minimum Gasteiger partial charge on any atom is -0.364 e. The molecule has 0 aromatic carbocycles. The van der Waals surface area contributed by atoms with Crippen molar-refractivity contribution in [3.8, 4) is 0 Å². The Hall–Kier alpha value is -0.550. The van der Waals surface area contributed by atoms with E-state index in [-0.39, 0.29) is 0 Å². The molecule has 0 bridgehead atoms. The molecule has 22 heavy (non-hydrogen) atoms. The third kappa shape index (κ3) is 2.60. The van der Waals surface area contributed by atoms with Crippen LogP contribution in [0.3, 0.4) is 0 Å². The van der Waals surface area contributed by atoms with E-state index < -0.39 is 0 Å². The standard InChI is InChI=1S/C17H24N2OS2/c20-15(19-8-1-2-9-19)6-5-13-12-18-14-4-3-7-17(16(13)14)21-10-11-22-17/h12,18H,1-11H2. The Balaban J connectivity index is 1.51. The van der Waals surface area contributed by atoms with Gasteiger partial charge in [-0.05, 0) is 44.1 Å². The lowest BCUT2D eigenvalue weighted by molar-refractivity contribution is -0.130. The molecule has 3 aliphatic rings. The zero-order valence-electron chi connectivity index (χ0n) is 13.0. The fraction of sp³-hybridized carbons (Fsp3) is 0.706. The minimum absolute atomic E-state index is 0.291. The molecule has 0 saturated carbocycles. The number of carbonyl (C=O) groups excluding carboxylic acids is 1. The number of nitrogens with one attached hydrogen (secondary N) is 1. The average molecular weight is 337 g/mol. The lowest BCUT2D eigenvalue weighted by Gasteiger charge is -2.33. The zero-order chi connectivity index (χ0) is 15.0. The van der Waals surface area contributed by atoms with E-state index in [1.54, 1.807) is 5.56 Å². The molecule has 2 fully saturated rings. The number of aryl methyl sites for hydroxylation is 2. The molecule has 5 heteroatoms. The lowest BCUT2D eigenvalue weighted by Crippen LogP contribution is -2.28. The molecule has 1 aromatic rings. The van der Waals surface area contributed by atoms with Crippen molar-refractivity contribution in [2.45, 2.75) is 49.0 Å². The summed E-state index contributed by atoms with van der Waals surface area (Å²) in [7, 11) is 0. The van der Waals surface area contributed by atoms with Gasteiger partial charge in [0, 0.05) is 48.5 Å². The lowest BCUT2D eigenvalue weighted by atomic mass is 9.92. The number of amides is 1. The largest absolute Gasteiger partial charge is 0.364 e. The molecule has 4 rings (SSSR count). The Morgan fingerprint density at radius 1 is 1.23 bits per heavy atom. The molecule has 2 saturated heterocycles. The molecule has 1 aliphatic carbocycles. The molecule has 0 unspecified atom stereocenters. The zero-order valence-corrected chi connectivity index (χ0v) is 14.7. The van der Waals surface area contributed by atoms with Gasteiger partial charge < -0.3 is 9.88 Å². The van der Waals surface area contributed by atoms with Gasteiger partial charge in [0.25, 0.3) is 0 Å². The van der Waals surface area contributed by atoms with Crippen LogP contribution >= 0.6 is 23.5 Å². The molecule has 0 atom stereocenters. The highest BCUT2D eigenvalue weighted by molar-refractivity contribution is 8.20. The molecule has 3 nitrogen and oxygen atoms in total. The predicted molar refractivity (Wildman–Crippen MR) is 94.5 cm³/mol. The van der Waals surface area contributed by atoms with E-state index in [2.05, 4.69) is 34.7 Å². The second-order valence-corrected chi connectivity index (χ2v) is 9.60. The van der Waals surface area contributed by atoms with E-state index in [9.17, 15) is 4.79 Å². The summed E-state index contributed by atoms with van der Waals surface area (Å²) in [6, 6.07) is 0. The van der Waals surface area contributed by atoms with Crippen LogP contribution < -0.4 is 0 Å². The summed E-state index contributed by atoms with van der Waals surface area (Å²) >= 11 is 4.27. The van der Waals surface area contributed by atoms with Crippen molar-refractivity contribution in [3.05, 3.63) is 23.0 Å². The first-order chi connectivity index (χ1) is 10.8. The molecular formula is C17H24N2OS2. The number of hydrogen-bond donors (Lipinski definition) is 1. The highest BCUT2D eigenvalue weighted by Gasteiger charge is 2.43. The van der Waals surface area contributed by atoms with Gasteiger partial charge in [-0.2, -0.15) is 0 Å². The predicted octanol–water partition coefficient (Wildman–Crippen LogP) is 3.54. The van der Waals surface area contributed by atoms with E-state index in [1.807, 2.05) is 4.90 Å². The quantitative estimate of drug-likeness (QED) is 0.917. The fourth-order valence-electron chi connectivity index (χ4n) is 4.11. The van der Waals surface area contributed by atoms with Crippen LogP contribution in [0.5, 0.6) is 0 Å². The van der Waals surface area contributed by atoms with Crippen LogP contribution in [0.4, 0.5) is 0 Å². The third-order valence-corrected chi connectivity index (χ3v) is 8.71. The van der Waals surface area contributed by atoms with E-state index in [0.29, 0.717) is 16.4 Å². The molecule has 1 amide bonds. The molecule has 1 N–H and O–H groups in total. The summed E-state index contributed by atoms with van der Waals surface area (Å²) in [5.74, 6) is 2.88. The Bertz CT molecular complexity index is 557. The first kappa shape index (κ1) is 15.0. The second kappa shape index (κ2) is 6.16. The van der Waals surface area contributed by atoms with Gasteiger partial charge in [0.1, 0.15) is 0 Å². The summed E-state index contributed by atoms with van der Waals surface area (Å²) in [5.41, 5.74) is 4.40. The number of fused-ring (bicyclic) bond motifs is 2. The minimum atomic E-state index is 0.291. The van der Waals surface area contributed by atoms with E-state index >= 15 is 0 Å². The first-order valence-electron chi connectivity index (χ1n) is 8.54. The average Bonchev–Trinajstić information content (AvgIpc) is 3.26. The van der Waals surface area contributed by atoms with Gasteiger partial charge in [-0.15, -0.1) is 23.5 Å². The van der Waals surface area contributed by atoms with Gasteiger partial charge >= 0.3 is 0 Å². The Morgan fingerprint density at radius 2 is 2.00 bits per heavy atom. The Labute approximate surface area is 141 Å². The molecule has 1 aromatic heterocycles. The van der Waals surface area contributed by atoms with Gasteiger partial charge in [-0.25, -0.2) is 0 Å². The fourth-order valence-corrected chi connectivity index (χ4v) is 7.65. The monoisotopic (exact) mass is 336 g/mol. The van der Waals surface area contributed by atoms with Crippen molar-refractivity contribution in [1.29, 1.82) is 0 Å². The van der Waals surface area contributed by atoms with Crippen LogP contribution in [0.25, 0.3) is 0 Å². The van der Waals surface area contributed by atoms with E-state index in [4.69, 9.17) is 0 Å². The third-order valence-electron chi connectivity index (χ3n) is 5.18. The van der Waals surface area contributed by atoms with Gasteiger partial charge in [0.2, 0.25) is 5.91 Å². The second-order valence-electron chi connectivity index (χ2n) is 6.56. The van der Waals surface area contributed by atoms with Crippen LogP contribution in [0.15, 0.2) is 6.20 Å². The highest BCUT2D eigenvalue weighted by Crippen LogP contribution is 2.58. The molecule has 1 spiro atoms. The smallest absolute Gasteiger partial charge is 0.222 e. The topological polar surface area (TPSA) is 36.1 Å². The summed E-state index contributed by atoms with van der Waals surface area (Å²) < 4.78 is 0.291. The number of H-pyrrole nitrogens is 1. The number of hydrogen-bond acceptors (Lipinski definition) is 3. The highest BCUT2D eigenvalue weighted by atomic mass is 32.2. The van der Waals surface area contributed by atoms with Crippen molar-refractivity contribution < 1.29 is 4.79 Å². The maximum atomic E-state index is 12.3. The van der Waals surface area contributed by atoms with Crippen LogP contribution in [-0.2, 0) is 21.7 Å². The normalized spacial score (nSPS) is 23.2. The molecule has 3 heterocycles. The van der Waals surface area contributed by atoms with Crippen molar-refractivity contribution in [3.63, 3.8) is 0 Å². The summed E-state index contributed by atoms with van der Waals surface area (Å²) in [4.78, 5) is 17.9. The molecular weight excluding hydrogens is 312 g/mol. The van der Waals surface area contributed by atoms with Crippen molar-refractivity contribution in [2.24, 2.45) is 0 Å². The van der Waals surface area contributed by atoms with Gasteiger partial charge in [0.15, 0.2) is 0 Å². The summed E-state index contributed by atoms with van der Waals surface area (Å²) in [5, 5.41) is 0. The van der Waals surface area contributed by atoms with Crippen molar-refractivity contribution in [1.82, 2.24) is 9.88 Å². The molecule has 120 valence electrons. The van der Waals surface area contributed by atoms with Crippen LogP contribution in [-0.4, -0.2) is 40.4 Å². The van der Waals surface area contributed by atoms with Gasteiger partial charge in [0.05, 0.1) is 4.08 Å². The van der Waals surface area contributed by atoms with Crippen LogP contribution in [0, 0.1) is 0 Å². The maximum Gasteiger partial charge on any atom is 0.222 e. The van der Waals surface area contributed by atoms with Crippen molar-refractivity contribution in [2.75, 3.05) is 24.6 Å². The van der Waals surface area contributed by atoms with Gasteiger partial charge in [-0.3, -0.25) is 4.79 Å². The van der Waals surface area contributed by atoms with Gasteiger partial charge in [-0.1, -0.05) is 0 Å². The van der Waals surface area contributed by atoms with E-state index in [1.165, 1.54) is 54.9 Å². The number of likely N-dealkylation sites (tertiary alicyclic amines) is 1. The molecule has 0 radical (unpaired) electrons. The maximum absolute atomic E-state index is 12.3. The Kier molecular flexibility index (Phi) is 4.20. The SMILES string of the molecule is O=C(CCc1c[nH]c2c1C1(CCC2)SCCS1)N1CCCC1. The van der Waals surface area contributed by atoms with Crippen LogP contribution in [0.1, 0.15) is 48.9 Å². The Morgan fingerprint density at radius 3 is 2.77 bits per heavy atom. The number of rotatable bonds is 3. The molecule has 2 aliphatic heterocycles. The number of carbonyl (C=O) groups is 1. The van der Waals surface area contributed by atoms with E-state index in [0.717, 1.165) is 19.5 Å². The van der Waals surface area contributed by atoms with Crippen molar-refractivity contribution >= 4 is 29.4 Å². The number of aromatic amines is 1.